The van der Waals surface area contributed by atoms with Gasteiger partial charge in [0.05, 0.1) is 0 Å². The minimum Gasteiger partial charge on any atom is -0.481 e. The molecule has 0 aliphatic rings. The molecule has 8 heteroatoms. The summed E-state index contributed by atoms with van der Waals surface area (Å²) in [5.41, 5.74) is 5.00. The summed E-state index contributed by atoms with van der Waals surface area (Å²) >= 11 is 0. The molecule has 0 spiro atoms. The van der Waals surface area contributed by atoms with E-state index in [4.69, 9.17) is 21.1 Å². The number of hydrogen-bond donors (Lipinski definition) is 4. The molecule has 0 aliphatic heterocycles. The van der Waals surface area contributed by atoms with Gasteiger partial charge in [-0.1, -0.05) is 45.4 Å². The topological polar surface area (TPSA) is 138 Å². The number of aliphatic carboxylic acids is 3. The van der Waals surface area contributed by atoms with Gasteiger partial charge in [0.2, 0.25) is 0 Å². The average molecular weight is 342 g/mol. The van der Waals surface area contributed by atoms with Crippen LogP contribution in [0.4, 0.5) is 0 Å². The fraction of sp³-hybridized carbons (Fsp3) is 0.800. The Bertz CT molecular complexity index is 325. The molecule has 5 N–H and O–H groups in total. The summed E-state index contributed by atoms with van der Waals surface area (Å²) < 4.78 is 0. The largest absolute Gasteiger partial charge is 0.481 e. The molecule has 0 amide bonds. The Labute approximate surface area is 159 Å². The summed E-state index contributed by atoms with van der Waals surface area (Å²) in [6.45, 7) is 2.20. The van der Waals surface area contributed by atoms with Gasteiger partial charge in [0.25, 0.3) is 0 Å². The monoisotopic (exact) mass is 342 g/mol. The van der Waals surface area contributed by atoms with E-state index in [2.05, 4.69) is 6.92 Å². The zero-order valence-electron chi connectivity index (χ0n) is 14.3. The molecular weight excluding hydrogens is 313 g/mol. The second-order valence-electron chi connectivity index (χ2n) is 5.14. The van der Waals surface area contributed by atoms with E-state index in [-0.39, 0.29) is 42.4 Å². The smallest absolute Gasteiger partial charge is 0.320 e. The van der Waals surface area contributed by atoms with Gasteiger partial charge >= 0.3 is 17.9 Å². The minimum absolute atomic E-state index is 0. The van der Waals surface area contributed by atoms with E-state index in [1.807, 2.05) is 0 Å². The zero-order chi connectivity index (χ0) is 17.4. The van der Waals surface area contributed by atoms with Gasteiger partial charge in [-0.05, 0) is 12.8 Å². The molecule has 1 atom stereocenters. The van der Waals surface area contributed by atoms with Crippen molar-refractivity contribution in [2.45, 2.75) is 77.2 Å². The van der Waals surface area contributed by atoms with Crippen LogP contribution in [0.3, 0.4) is 0 Å². The Morgan fingerprint density at radius 1 is 0.826 bits per heavy atom. The van der Waals surface area contributed by atoms with E-state index < -0.39 is 23.9 Å². The second-order valence-corrected chi connectivity index (χ2v) is 5.14. The maximum atomic E-state index is 10.1. The van der Waals surface area contributed by atoms with Crippen LogP contribution in [0, 0.1) is 0 Å². The molecule has 0 aliphatic carbocycles. The summed E-state index contributed by atoms with van der Waals surface area (Å²) in [7, 11) is 0. The predicted octanol–water partition coefficient (Wildman–Crippen LogP) is 2.09. The van der Waals surface area contributed by atoms with Crippen molar-refractivity contribution < 1.29 is 29.7 Å². The molecule has 0 rings (SSSR count). The summed E-state index contributed by atoms with van der Waals surface area (Å²) in [6, 6.07) is -1.06. The molecule has 0 saturated heterocycles. The molecule has 0 unspecified atom stereocenters. The number of nitrogens with two attached hydrogens (primary N) is 1. The van der Waals surface area contributed by atoms with Crippen molar-refractivity contribution in [2.24, 2.45) is 5.73 Å². The van der Waals surface area contributed by atoms with Crippen molar-refractivity contribution in [3.63, 3.8) is 0 Å². The van der Waals surface area contributed by atoms with Gasteiger partial charge in [-0.2, -0.15) is 0 Å². The fourth-order valence-electron chi connectivity index (χ4n) is 1.64. The van der Waals surface area contributed by atoms with Crippen LogP contribution in [-0.4, -0.2) is 68.8 Å². The molecule has 7 nitrogen and oxygen atoms in total. The molecule has 1 radical (unpaired) electrons. The van der Waals surface area contributed by atoms with Crippen LogP contribution >= 0.6 is 0 Å². The zero-order valence-corrected chi connectivity index (χ0v) is 16.3. The van der Waals surface area contributed by atoms with E-state index in [1.54, 1.807) is 0 Å². The summed E-state index contributed by atoms with van der Waals surface area (Å²) in [5, 5.41) is 24.6. The normalized spacial score (nSPS) is 10.7. The van der Waals surface area contributed by atoms with Crippen molar-refractivity contribution in [3.05, 3.63) is 0 Å². The first-order valence-corrected chi connectivity index (χ1v) is 7.73. The number of carboxylic acid groups (broad SMARTS) is 3. The molecule has 0 bridgehead atoms. The first-order chi connectivity index (χ1) is 10.3. The molecule has 0 aromatic carbocycles. The Morgan fingerprint density at radius 2 is 1.26 bits per heavy atom. The maximum absolute atomic E-state index is 10.1. The molecule has 131 valence electrons. The summed E-state index contributed by atoms with van der Waals surface area (Å²) in [5.74, 6) is -2.86. The molecule has 0 fully saturated rings. The molecule has 23 heavy (non-hydrogen) atoms. The number of rotatable bonds is 12. The Morgan fingerprint density at radius 3 is 1.65 bits per heavy atom. The molecule has 0 saturated carbocycles. The maximum Gasteiger partial charge on any atom is 0.320 e. The van der Waals surface area contributed by atoms with E-state index in [1.165, 1.54) is 32.1 Å². The van der Waals surface area contributed by atoms with E-state index in [0.29, 0.717) is 6.42 Å². The minimum atomic E-state index is -1.17. The van der Waals surface area contributed by atoms with Crippen molar-refractivity contribution in [1.29, 1.82) is 0 Å². The average Bonchev–Trinajstić information content (AvgIpc) is 2.44. The third-order valence-electron chi connectivity index (χ3n) is 2.98. The molecule has 0 aromatic rings. The van der Waals surface area contributed by atoms with Crippen LogP contribution in [0.5, 0.6) is 0 Å². The van der Waals surface area contributed by atoms with Crippen molar-refractivity contribution in [2.75, 3.05) is 0 Å². The van der Waals surface area contributed by atoms with Gasteiger partial charge in [0, 0.05) is 42.4 Å². The van der Waals surface area contributed by atoms with Crippen LogP contribution in [-0.2, 0) is 14.4 Å². The molecular formula is C15H29NNaO6. The molecule has 0 heterocycles. The third-order valence-corrected chi connectivity index (χ3v) is 2.98. The number of unbranched alkanes of at least 4 members (excludes halogenated alkanes) is 6. The van der Waals surface area contributed by atoms with Gasteiger partial charge in [-0.25, -0.2) is 0 Å². The first kappa shape index (κ1) is 27.2. The van der Waals surface area contributed by atoms with Crippen molar-refractivity contribution >= 4 is 47.5 Å². The van der Waals surface area contributed by atoms with Gasteiger partial charge in [0.1, 0.15) is 6.04 Å². The van der Waals surface area contributed by atoms with Gasteiger partial charge < -0.3 is 21.1 Å². The fourth-order valence-corrected chi connectivity index (χ4v) is 1.64. The Kier molecular flexibility index (Phi) is 23.0. The van der Waals surface area contributed by atoms with Gasteiger partial charge in [0.15, 0.2) is 0 Å². The number of carboxylic acids is 3. The van der Waals surface area contributed by atoms with Crippen LogP contribution in [0.2, 0.25) is 0 Å². The quantitative estimate of drug-likeness (QED) is 0.315. The van der Waals surface area contributed by atoms with E-state index in [0.717, 1.165) is 12.8 Å². The summed E-state index contributed by atoms with van der Waals surface area (Å²) in [6.07, 6.45) is 8.42. The third kappa shape index (κ3) is 26.6. The first-order valence-electron chi connectivity index (χ1n) is 7.73. The number of hydrogen-bond acceptors (Lipinski definition) is 4. The van der Waals surface area contributed by atoms with E-state index >= 15 is 0 Å². The van der Waals surface area contributed by atoms with Crippen molar-refractivity contribution in [1.82, 2.24) is 0 Å². The van der Waals surface area contributed by atoms with Crippen molar-refractivity contribution in [3.8, 4) is 0 Å². The predicted molar refractivity (Wildman–Crippen MR) is 88.5 cm³/mol. The van der Waals surface area contributed by atoms with Gasteiger partial charge in [-0.3, -0.25) is 14.4 Å². The van der Waals surface area contributed by atoms with Crippen LogP contribution < -0.4 is 5.73 Å². The van der Waals surface area contributed by atoms with Crippen LogP contribution in [0.25, 0.3) is 0 Å². The van der Waals surface area contributed by atoms with E-state index in [9.17, 15) is 14.4 Å². The van der Waals surface area contributed by atoms with Crippen LogP contribution in [0.1, 0.15) is 71.1 Å². The Hall–Kier alpha value is -0.630. The SMILES string of the molecule is CCCCCCCCCC(=O)O.N[C@@H](CCC(=O)O)C(=O)O.[Na]. The standard InChI is InChI=1S/C10H20O2.C5H9NO4.Na/c1-2-3-4-5-6-7-8-9-10(11)12;6-3(5(9)10)1-2-4(7)8;/h2-9H2,1H3,(H,11,12);3H,1-2,6H2,(H,7,8)(H,9,10);/t;3-;/m.0./s1. The van der Waals surface area contributed by atoms with Gasteiger partial charge in [-0.15, -0.1) is 0 Å². The number of carbonyl (C=O) groups is 3. The van der Waals surface area contributed by atoms with Crippen LogP contribution in [0.15, 0.2) is 0 Å². The second kappa shape index (κ2) is 19.4. The summed E-state index contributed by atoms with van der Waals surface area (Å²) in [4.78, 5) is 30.0. The molecule has 0 aromatic heterocycles. The Balaban J connectivity index is -0.000000338.